The number of hydrogen-bond acceptors (Lipinski definition) is 4. The third-order valence-electron chi connectivity index (χ3n) is 3.64. The summed E-state index contributed by atoms with van der Waals surface area (Å²) in [7, 11) is 1.90. The van der Waals surface area contributed by atoms with Crippen molar-refractivity contribution in [2.24, 2.45) is 0 Å². The molecule has 0 unspecified atom stereocenters. The summed E-state index contributed by atoms with van der Waals surface area (Å²) < 4.78 is 10.9. The normalized spacial score (nSPS) is 10.8. The smallest absolute Gasteiger partial charge is 0.251 e. The van der Waals surface area contributed by atoms with Gasteiger partial charge in [0.1, 0.15) is 0 Å². The van der Waals surface area contributed by atoms with Gasteiger partial charge in [0.05, 0.1) is 19.8 Å². The first-order valence-electron chi connectivity index (χ1n) is 8.95. The number of benzene rings is 1. The van der Waals surface area contributed by atoms with E-state index in [-0.39, 0.29) is 5.91 Å². The van der Waals surface area contributed by atoms with Crippen LogP contribution in [-0.2, 0) is 16.0 Å². The largest absolute Gasteiger partial charge is 0.379 e. The number of rotatable bonds is 14. The van der Waals surface area contributed by atoms with E-state index >= 15 is 0 Å². The van der Waals surface area contributed by atoms with Crippen molar-refractivity contribution in [2.45, 2.75) is 39.2 Å². The average Bonchev–Trinajstić information content (AvgIpc) is 2.60. The van der Waals surface area contributed by atoms with E-state index in [1.54, 1.807) is 0 Å². The van der Waals surface area contributed by atoms with E-state index < -0.39 is 0 Å². The topological polar surface area (TPSA) is 59.6 Å². The standard InChI is InChI=1S/C19H32N2O3/c1-3-4-5-6-12-23-14-15-24-13-11-21-19(22)18-9-7-17(8-10-18)16-20-2/h7-10,20H,3-6,11-16H2,1-2H3,(H,21,22). The molecule has 5 nitrogen and oxygen atoms in total. The van der Waals surface area contributed by atoms with Crippen molar-refractivity contribution < 1.29 is 14.3 Å². The van der Waals surface area contributed by atoms with Crippen LogP contribution in [0.2, 0.25) is 0 Å². The Morgan fingerprint density at radius 2 is 1.67 bits per heavy atom. The molecule has 24 heavy (non-hydrogen) atoms. The first-order valence-corrected chi connectivity index (χ1v) is 8.95. The van der Waals surface area contributed by atoms with Crippen molar-refractivity contribution in [1.29, 1.82) is 0 Å². The molecule has 0 fully saturated rings. The quantitative estimate of drug-likeness (QED) is 0.513. The van der Waals surface area contributed by atoms with E-state index in [0.717, 1.165) is 25.1 Å². The van der Waals surface area contributed by atoms with Crippen LogP contribution in [0.25, 0.3) is 0 Å². The molecule has 2 N–H and O–H groups in total. The first-order chi connectivity index (χ1) is 11.8. The van der Waals surface area contributed by atoms with Gasteiger partial charge in [-0.05, 0) is 31.2 Å². The molecule has 0 atom stereocenters. The number of ether oxygens (including phenoxy) is 2. The van der Waals surface area contributed by atoms with Gasteiger partial charge in [-0.1, -0.05) is 38.3 Å². The van der Waals surface area contributed by atoms with Crippen molar-refractivity contribution in [3.8, 4) is 0 Å². The summed E-state index contributed by atoms with van der Waals surface area (Å²) in [6.45, 7) is 6.01. The van der Waals surface area contributed by atoms with Crippen LogP contribution in [0.5, 0.6) is 0 Å². The molecule has 1 aromatic carbocycles. The van der Waals surface area contributed by atoms with E-state index in [1.165, 1.54) is 19.3 Å². The highest BCUT2D eigenvalue weighted by Crippen LogP contribution is 2.04. The van der Waals surface area contributed by atoms with Crippen molar-refractivity contribution in [3.05, 3.63) is 35.4 Å². The van der Waals surface area contributed by atoms with E-state index in [2.05, 4.69) is 17.6 Å². The minimum absolute atomic E-state index is 0.0678. The lowest BCUT2D eigenvalue weighted by molar-refractivity contribution is 0.0468. The van der Waals surface area contributed by atoms with Gasteiger partial charge < -0.3 is 20.1 Å². The van der Waals surface area contributed by atoms with Crippen LogP contribution in [-0.4, -0.2) is 45.9 Å². The predicted molar refractivity (Wildman–Crippen MR) is 97.3 cm³/mol. The number of amides is 1. The van der Waals surface area contributed by atoms with Gasteiger partial charge in [-0.3, -0.25) is 4.79 Å². The molecule has 1 rings (SSSR count). The summed E-state index contributed by atoms with van der Waals surface area (Å²) >= 11 is 0. The fraction of sp³-hybridized carbons (Fsp3) is 0.632. The molecule has 0 saturated heterocycles. The summed E-state index contributed by atoms with van der Waals surface area (Å²) in [5.41, 5.74) is 1.83. The van der Waals surface area contributed by atoms with Gasteiger partial charge in [0.25, 0.3) is 5.91 Å². The molecule has 0 bridgehead atoms. The van der Waals surface area contributed by atoms with Crippen LogP contribution in [0, 0.1) is 0 Å². The molecule has 136 valence electrons. The lowest BCUT2D eigenvalue weighted by Crippen LogP contribution is -2.27. The van der Waals surface area contributed by atoms with Gasteiger partial charge in [0, 0.05) is 25.3 Å². The summed E-state index contributed by atoms with van der Waals surface area (Å²) in [4.78, 5) is 12.0. The highest BCUT2D eigenvalue weighted by molar-refractivity contribution is 5.94. The Morgan fingerprint density at radius 3 is 2.33 bits per heavy atom. The Hall–Kier alpha value is -1.43. The predicted octanol–water partition coefficient (Wildman–Crippen LogP) is 2.75. The lowest BCUT2D eigenvalue weighted by Gasteiger charge is -2.08. The second kappa shape index (κ2) is 14.0. The van der Waals surface area contributed by atoms with Crippen LogP contribution < -0.4 is 10.6 Å². The van der Waals surface area contributed by atoms with Gasteiger partial charge >= 0.3 is 0 Å². The van der Waals surface area contributed by atoms with E-state index in [9.17, 15) is 4.79 Å². The first kappa shape index (κ1) is 20.6. The number of nitrogens with one attached hydrogen (secondary N) is 2. The zero-order chi connectivity index (χ0) is 17.5. The Bertz CT molecular complexity index is 435. The van der Waals surface area contributed by atoms with Crippen molar-refractivity contribution >= 4 is 5.91 Å². The average molecular weight is 336 g/mol. The molecule has 0 heterocycles. The Kier molecular flexibility index (Phi) is 12.0. The van der Waals surface area contributed by atoms with Gasteiger partial charge in [0.15, 0.2) is 0 Å². The lowest BCUT2D eigenvalue weighted by atomic mass is 10.1. The highest BCUT2D eigenvalue weighted by Gasteiger charge is 2.04. The number of unbranched alkanes of at least 4 members (excludes halogenated alkanes) is 3. The monoisotopic (exact) mass is 336 g/mol. The Balaban J connectivity index is 1.99. The summed E-state index contributed by atoms with van der Waals surface area (Å²) in [6.07, 6.45) is 4.88. The van der Waals surface area contributed by atoms with Crippen molar-refractivity contribution in [1.82, 2.24) is 10.6 Å². The third-order valence-corrected chi connectivity index (χ3v) is 3.64. The maximum absolute atomic E-state index is 12.0. The molecule has 1 amide bonds. The zero-order valence-electron chi connectivity index (χ0n) is 15.1. The molecule has 0 spiro atoms. The minimum Gasteiger partial charge on any atom is -0.379 e. The second-order valence-electron chi connectivity index (χ2n) is 5.77. The van der Waals surface area contributed by atoms with Crippen molar-refractivity contribution in [2.75, 3.05) is 40.0 Å². The maximum atomic E-state index is 12.0. The molecular weight excluding hydrogens is 304 g/mol. The highest BCUT2D eigenvalue weighted by atomic mass is 16.5. The molecule has 0 aliphatic rings. The van der Waals surface area contributed by atoms with Gasteiger partial charge in [0.2, 0.25) is 0 Å². The summed E-state index contributed by atoms with van der Waals surface area (Å²) in [5, 5.41) is 5.94. The Labute approximate surface area is 146 Å². The van der Waals surface area contributed by atoms with Crippen LogP contribution in [0.3, 0.4) is 0 Å². The van der Waals surface area contributed by atoms with E-state index in [1.807, 2.05) is 31.3 Å². The molecule has 1 aromatic rings. The molecule has 0 aliphatic heterocycles. The van der Waals surface area contributed by atoms with Crippen LogP contribution in [0.4, 0.5) is 0 Å². The second-order valence-corrected chi connectivity index (χ2v) is 5.77. The Morgan fingerprint density at radius 1 is 0.958 bits per heavy atom. The summed E-state index contributed by atoms with van der Waals surface area (Å²) in [6, 6.07) is 7.60. The third kappa shape index (κ3) is 9.65. The molecule has 0 aromatic heterocycles. The van der Waals surface area contributed by atoms with Crippen LogP contribution in [0.15, 0.2) is 24.3 Å². The number of carbonyl (C=O) groups excluding carboxylic acids is 1. The fourth-order valence-corrected chi connectivity index (χ4v) is 2.27. The van der Waals surface area contributed by atoms with Gasteiger partial charge in [-0.2, -0.15) is 0 Å². The fourth-order valence-electron chi connectivity index (χ4n) is 2.27. The zero-order valence-corrected chi connectivity index (χ0v) is 15.1. The number of hydrogen-bond donors (Lipinski definition) is 2. The number of carbonyl (C=O) groups is 1. The van der Waals surface area contributed by atoms with Gasteiger partial charge in [-0.15, -0.1) is 0 Å². The van der Waals surface area contributed by atoms with Gasteiger partial charge in [-0.25, -0.2) is 0 Å². The van der Waals surface area contributed by atoms with Crippen LogP contribution >= 0.6 is 0 Å². The molecule has 0 radical (unpaired) electrons. The minimum atomic E-state index is -0.0678. The SMILES string of the molecule is CCCCCCOCCOCCNC(=O)c1ccc(CNC)cc1. The molecular formula is C19H32N2O3. The molecule has 0 saturated carbocycles. The summed E-state index contributed by atoms with van der Waals surface area (Å²) in [5.74, 6) is -0.0678. The molecule has 5 heteroatoms. The van der Waals surface area contributed by atoms with Crippen LogP contribution in [0.1, 0.15) is 48.5 Å². The molecule has 0 aliphatic carbocycles. The maximum Gasteiger partial charge on any atom is 0.251 e. The van der Waals surface area contributed by atoms with E-state index in [4.69, 9.17) is 9.47 Å². The van der Waals surface area contributed by atoms with E-state index in [0.29, 0.717) is 31.9 Å². The van der Waals surface area contributed by atoms with Crippen molar-refractivity contribution in [3.63, 3.8) is 0 Å².